The van der Waals surface area contributed by atoms with E-state index in [1.54, 1.807) is 12.1 Å². The first kappa shape index (κ1) is 11.4. The van der Waals surface area contributed by atoms with E-state index in [2.05, 4.69) is 14.9 Å². The normalized spacial score (nSPS) is 10.8. The number of nitrogens with two attached hydrogens (primary N) is 1. The van der Waals surface area contributed by atoms with Gasteiger partial charge in [0.2, 0.25) is 0 Å². The lowest BCUT2D eigenvalue weighted by Crippen LogP contribution is -2.05. The first-order valence-corrected chi connectivity index (χ1v) is 5.83. The van der Waals surface area contributed by atoms with Crippen LogP contribution in [0, 0.1) is 12.3 Å². The smallest absolute Gasteiger partial charge is 0.135 e. The van der Waals surface area contributed by atoms with Gasteiger partial charge in [-0.1, -0.05) is 17.7 Å². The number of hydrogen-bond donors (Lipinski definition) is 2. The number of nitrogen functional groups attached to an aromatic ring is 1. The number of hydrogen-bond acceptors (Lipinski definition) is 5. The van der Waals surface area contributed by atoms with E-state index in [9.17, 15) is 0 Å². The first-order valence-electron chi connectivity index (χ1n) is 5.83. The summed E-state index contributed by atoms with van der Waals surface area (Å²) in [4.78, 5) is 0. The molecular weight excluding hydrogens is 240 g/mol. The summed E-state index contributed by atoms with van der Waals surface area (Å²) in [6, 6.07) is 11.0. The van der Waals surface area contributed by atoms with E-state index in [0.717, 1.165) is 16.7 Å². The van der Waals surface area contributed by atoms with Crippen molar-refractivity contribution in [3.8, 4) is 0 Å². The van der Waals surface area contributed by atoms with E-state index in [1.807, 2.05) is 31.2 Å². The van der Waals surface area contributed by atoms with Crippen molar-refractivity contribution in [3.05, 3.63) is 53.1 Å². The molecule has 0 aliphatic carbocycles. The van der Waals surface area contributed by atoms with Crippen LogP contribution in [0.3, 0.4) is 0 Å². The summed E-state index contributed by atoms with van der Waals surface area (Å²) in [7, 11) is 0. The molecule has 1 heterocycles. The van der Waals surface area contributed by atoms with Gasteiger partial charge in [0, 0.05) is 16.8 Å². The molecule has 0 radical (unpaired) electrons. The Morgan fingerprint density at radius 2 is 1.89 bits per heavy atom. The van der Waals surface area contributed by atoms with Crippen molar-refractivity contribution in [1.82, 2.24) is 10.3 Å². The summed E-state index contributed by atoms with van der Waals surface area (Å²) in [5.41, 5.74) is 10.7. The lowest BCUT2D eigenvalue weighted by molar-refractivity contribution is 0.315. The quantitative estimate of drug-likeness (QED) is 0.541. The Kier molecular flexibility index (Phi) is 2.52. The Labute approximate surface area is 109 Å². The van der Waals surface area contributed by atoms with E-state index < -0.39 is 0 Å². The number of benzene rings is 2. The molecule has 3 N–H and O–H groups in total. The van der Waals surface area contributed by atoms with Crippen LogP contribution in [0.25, 0.3) is 11.0 Å². The fourth-order valence-corrected chi connectivity index (χ4v) is 1.98. The van der Waals surface area contributed by atoms with Gasteiger partial charge in [0.1, 0.15) is 11.0 Å². The second kappa shape index (κ2) is 4.20. The molecule has 0 aliphatic heterocycles. The van der Waals surface area contributed by atoms with E-state index >= 15 is 0 Å². The highest BCUT2D eigenvalue weighted by atomic mass is 16.6. The fourth-order valence-electron chi connectivity index (χ4n) is 1.98. The number of nitrogens with zero attached hydrogens (tertiary/aromatic N) is 2. The van der Waals surface area contributed by atoms with Crippen LogP contribution in [0.2, 0.25) is 0 Å². The summed E-state index contributed by atoms with van der Waals surface area (Å²) >= 11 is 0. The molecule has 94 valence electrons. The molecule has 0 fully saturated rings. The summed E-state index contributed by atoms with van der Waals surface area (Å²) in [6.07, 6.45) is 0. The molecule has 0 atom stereocenters. The molecular formula is C14H12N4O. The Balaban J connectivity index is 2.09. The molecule has 5 heteroatoms. The Hall–Kier alpha value is -2.69. The molecule has 3 aromatic rings. The predicted molar refractivity (Wildman–Crippen MR) is 73.3 cm³/mol. The summed E-state index contributed by atoms with van der Waals surface area (Å²) < 4.78 is 4.65. The highest BCUT2D eigenvalue weighted by Crippen LogP contribution is 2.20. The summed E-state index contributed by atoms with van der Waals surface area (Å²) in [6.45, 7) is 1.97. The average molecular weight is 252 g/mol. The van der Waals surface area contributed by atoms with Gasteiger partial charge in [0.15, 0.2) is 0 Å². The van der Waals surface area contributed by atoms with E-state index in [1.165, 1.54) is 0 Å². The predicted octanol–water partition coefficient (Wildman–Crippen LogP) is 2.53. The van der Waals surface area contributed by atoms with Crippen LogP contribution in [0.15, 0.2) is 41.0 Å². The highest BCUT2D eigenvalue weighted by molar-refractivity contribution is 6.14. The van der Waals surface area contributed by atoms with E-state index in [0.29, 0.717) is 22.4 Å². The van der Waals surface area contributed by atoms with Crippen LogP contribution >= 0.6 is 0 Å². The minimum atomic E-state index is 0.367. The molecule has 19 heavy (non-hydrogen) atoms. The zero-order valence-corrected chi connectivity index (χ0v) is 10.3. The Morgan fingerprint density at radius 3 is 2.74 bits per heavy atom. The molecule has 2 aromatic carbocycles. The molecule has 5 nitrogen and oxygen atoms in total. The van der Waals surface area contributed by atoms with Gasteiger partial charge in [-0.25, -0.2) is 4.63 Å². The highest BCUT2D eigenvalue weighted by Gasteiger charge is 2.10. The largest absolute Gasteiger partial charge is 0.398 e. The molecule has 3 rings (SSSR count). The molecule has 0 spiro atoms. The van der Waals surface area contributed by atoms with Crippen molar-refractivity contribution in [2.24, 2.45) is 0 Å². The van der Waals surface area contributed by atoms with Crippen molar-refractivity contribution in [3.63, 3.8) is 0 Å². The van der Waals surface area contributed by atoms with Crippen LogP contribution in [0.5, 0.6) is 0 Å². The van der Waals surface area contributed by atoms with Crippen molar-refractivity contribution in [1.29, 1.82) is 5.41 Å². The standard InChI is InChI=1S/C14H12N4O/c1-8-2-4-11(15)10(6-8)14(16)9-3-5-12-13(7-9)18-19-17-12/h2-7,16H,15H2,1H3. The Morgan fingerprint density at radius 1 is 1.11 bits per heavy atom. The second-order valence-electron chi connectivity index (χ2n) is 4.43. The SMILES string of the molecule is Cc1ccc(N)c(C(=N)c2ccc3nonc3c2)c1. The van der Waals surface area contributed by atoms with Gasteiger partial charge in [-0.05, 0) is 41.5 Å². The van der Waals surface area contributed by atoms with Gasteiger partial charge in [0.25, 0.3) is 0 Å². The third-order valence-electron chi connectivity index (χ3n) is 3.02. The minimum absolute atomic E-state index is 0.367. The monoisotopic (exact) mass is 252 g/mol. The third kappa shape index (κ3) is 1.95. The molecule has 0 bridgehead atoms. The topological polar surface area (TPSA) is 88.8 Å². The summed E-state index contributed by atoms with van der Waals surface area (Å²) in [5.74, 6) is 0. The van der Waals surface area contributed by atoms with Crippen LogP contribution in [0.4, 0.5) is 5.69 Å². The van der Waals surface area contributed by atoms with Crippen LogP contribution in [-0.2, 0) is 0 Å². The maximum Gasteiger partial charge on any atom is 0.135 e. The van der Waals surface area contributed by atoms with Gasteiger partial charge in [-0.2, -0.15) is 0 Å². The molecule has 0 amide bonds. The van der Waals surface area contributed by atoms with E-state index in [4.69, 9.17) is 11.1 Å². The average Bonchev–Trinajstić information content (AvgIpc) is 2.88. The second-order valence-corrected chi connectivity index (χ2v) is 4.43. The Bertz CT molecular complexity index is 776. The van der Waals surface area contributed by atoms with Crippen molar-refractivity contribution in [2.45, 2.75) is 6.92 Å². The fraction of sp³-hybridized carbons (Fsp3) is 0.0714. The number of anilines is 1. The number of aromatic nitrogens is 2. The van der Waals surface area contributed by atoms with Gasteiger partial charge in [-0.3, -0.25) is 5.41 Å². The van der Waals surface area contributed by atoms with Gasteiger partial charge in [0.05, 0.1) is 5.71 Å². The van der Waals surface area contributed by atoms with Crippen molar-refractivity contribution in [2.75, 3.05) is 5.73 Å². The molecule has 0 aliphatic rings. The summed E-state index contributed by atoms with van der Waals surface area (Å²) in [5, 5.41) is 15.8. The van der Waals surface area contributed by atoms with Gasteiger partial charge >= 0.3 is 0 Å². The first-order chi connectivity index (χ1) is 9.15. The van der Waals surface area contributed by atoms with Crippen LogP contribution in [-0.4, -0.2) is 16.0 Å². The van der Waals surface area contributed by atoms with E-state index in [-0.39, 0.29) is 0 Å². The number of aryl methyl sites for hydroxylation is 1. The molecule has 0 saturated carbocycles. The zero-order chi connectivity index (χ0) is 13.4. The third-order valence-corrected chi connectivity index (χ3v) is 3.02. The van der Waals surface area contributed by atoms with Gasteiger partial charge in [-0.15, -0.1) is 0 Å². The van der Waals surface area contributed by atoms with Crippen LogP contribution < -0.4 is 5.73 Å². The zero-order valence-electron chi connectivity index (χ0n) is 10.3. The van der Waals surface area contributed by atoms with Gasteiger partial charge < -0.3 is 5.73 Å². The molecule has 1 aromatic heterocycles. The number of nitrogens with one attached hydrogen (secondary N) is 1. The molecule has 0 saturated heterocycles. The maximum atomic E-state index is 8.28. The van der Waals surface area contributed by atoms with Crippen molar-refractivity contribution >= 4 is 22.4 Å². The number of rotatable bonds is 2. The van der Waals surface area contributed by atoms with Crippen molar-refractivity contribution < 1.29 is 4.63 Å². The number of fused-ring (bicyclic) bond motifs is 1. The minimum Gasteiger partial charge on any atom is -0.398 e. The lowest BCUT2D eigenvalue weighted by atomic mass is 9.99. The van der Waals surface area contributed by atoms with Crippen LogP contribution in [0.1, 0.15) is 16.7 Å². The maximum absolute atomic E-state index is 8.28. The molecule has 0 unspecified atom stereocenters. The lowest BCUT2D eigenvalue weighted by Gasteiger charge is -2.08.